The number of esters is 1. The Labute approximate surface area is 514 Å². The molecule has 472 valence electrons. The molecule has 4 heterocycles. The molecular formula is C68H94ClN3O14. The molecule has 0 aromatic heterocycles. The van der Waals surface area contributed by atoms with Crippen molar-refractivity contribution in [3.8, 4) is 0 Å². The van der Waals surface area contributed by atoms with E-state index in [1.807, 2.05) is 70.2 Å². The molecule has 1 aliphatic carbocycles. The van der Waals surface area contributed by atoms with Gasteiger partial charge in [-0.25, -0.2) is 9.59 Å². The number of cyclic esters (lactones) is 1. The number of hydrogen-bond acceptors (Lipinski definition) is 15. The van der Waals surface area contributed by atoms with Crippen LogP contribution in [0.1, 0.15) is 137 Å². The van der Waals surface area contributed by atoms with Crippen molar-refractivity contribution in [2.24, 2.45) is 35.5 Å². The number of anilines is 1. The van der Waals surface area contributed by atoms with Crippen LogP contribution in [0.2, 0.25) is 5.02 Å². The highest BCUT2D eigenvalue weighted by Crippen LogP contribution is 2.39. The fourth-order valence-electron chi connectivity index (χ4n) is 13.2. The van der Waals surface area contributed by atoms with E-state index in [2.05, 4.69) is 17.0 Å². The maximum Gasteiger partial charge on any atom is 0.415 e. The number of carbonyl (C=O) groups excluding carboxylic acids is 6. The van der Waals surface area contributed by atoms with Gasteiger partial charge in [0.25, 0.3) is 11.7 Å². The largest absolute Gasteiger partial charge is 0.460 e. The van der Waals surface area contributed by atoms with Crippen LogP contribution in [0.25, 0.3) is 0 Å². The van der Waals surface area contributed by atoms with Gasteiger partial charge < -0.3 is 43.5 Å². The van der Waals surface area contributed by atoms with Crippen molar-refractivity contribution in [2.45, 2.75) is 193 Å². The van der Waals surface area contributed by atoms with Crippen molar-refractivity contribution in [3.05, 3.63) is 112 Å². The monoisotopic (exact) mass is 1210 g/mol. The first-order valence-electron chi connectivity index (χ1n) is 31.1. The molecule has 9 unspecified atom stereocenters. The Morgan fingerprint density at radius 3 is 2.27 bits per heavy atom. The fourth-order valence-corrected chi connectivity index (χ4v) is 13.3. The molecule has 2 aromatic rings. The molecule has 2 N–H and O–H groups in total. The predicted octanol–water partition coefficient (Wildman–Crippen LogP) is 10.5. The molecular weight excluding hydrogens is 1120 g/mol. The van der Waals surface area contributed by atoms with Gasteiger partial charge in [-0.15, -0.1) is 0 Å². The summed E-state index contributed by atoms with van der Waals surface area (Å²) in [6.45, 7) is 14.4. The third kappa shape index (κ3) is 17.5. The Hall–Kier alpha value is -5.37. The smallest absolute Gasteiger partial charge is 0.415 e. The van der Waals surface area contributed by atoms with Gasteiger partial charge in [-0.1, -0.05) is 107 Å². The summed E-state index contributed by atoms with van der Waals surface area (Å²) >= 11 is 6.30. The van der Waals surface area contributed by atoms with Crippen LogP contribution in [0.15, 0.2) is 96.1 Å². The lowest BCUT2D eigenvalue weighted by Crippen LogP contribution is -2.61. The Balaban J connectivity index is 1.12. The number of aliphatic hydroxyl groups excluding tert-OH is 1. The lowest BCUT2D eigenvalue weighted by atomic mass is 9.78. The number of fused-ring (bicyclic) bond motifs is 4. The Morgan fingerprint density at radius 2 is 1.56 bits per heavy atom. The van der Waals surface area contributed by atoms with E-state index in [9.17, 15) is 39.0 Å². The summed E-state index contributed by atoms with van der Waals surface area (Å²) in [5, 5.41) is 24.3. The number of methoxy groups -OCH3 is 3. The number of ketones is 3. The van der Waals surface area contributed by atoms with Gasteiger partial charge in [-0.2, -0.15) is 0 Å². The van der Waals surface area contributed by atoms with Crippen LogP contribution in [0.3, 0.4) is 0 Å². The second kappa shape index (κ2) is 31.7. The summed E-state index contributed by atoms with van der Waals surface area (Å²) in [5.41, 5.74) is 4.39. The van der Waals surface area contributed by atoms with Crippen LogP contribution in [0.4, 0.5) is 10.5 Å². The number of hydrogen-bond donors (Lipinski definition) is 2. The van der Waals surface area contributed by atoms with Gasteiger partial charge in [0.1, 0.15) is 36.2 Å². The first-order chi connectivity index (χ1) is 41.0. The summed E-state index contributed by atoms with van der Waals surface area (Å²) in [5.74, 6) is -8.50. The Kier molecular flexibility index (Phi) is 25.1. The zero-order valence-corrected chi connectivity index (χ0v) is 53.0. The number of halogens is 1. The number of benzene rings is 2. The van der Waals surface area contributed by atoms with E-state index in [-0.39, 0.29) is 42.8 Å². The van der Waals surface area contributed by atoms with E-state index in [1.54, 1.807) is 70.2 Å². The van der Waals surface area contributed by atoms with E-state index in [0.29, 0.717) is 93.7 Å². The quantitative estimate of drug-likeness (QED) is 0.129. The summed E-state index contributed by atoms with van der Waals surface area (Å²) in [6, 6.07) is 14.2. The molecule has 2 amide bonds. The van der Waals surface area contributed by atoms with Crippen LogP contribution < -0.4 is 4.90 Å². The first kappa shape index (κ1) is 68.1. The van der Waals surface area contributed by atoms with Gasteiger partial charge in [0.05, 0.1) is 25.0 Å². The molecule has 0 radical (unpaired) electrons. The first-order valence-corrected chi connectivity index (χ1v) is 31.4. The number of amides is 2. The predicted molar refractivity (Wildman–Crippen MR) is 329 cm³/mol. The summed E-state index contributed by atoms with van der Waals surface area (Å²) in [6.07, 6.45) is 10.6. The highest BCUT2D eigenvalue weighted by Gasteiger charge is 2.53. The zero-order chi connectivity index (χ0) is 62.4. The molecule has 4 aliphatic heterocycles. The van der Waals surface area contributed by atoms with Gasteiger partial charge in [0.15, 0.2) is 5.78 Å². The summed E-state index contributed by atoms with van der Waals surface area (Å²) < 4.78 is 36.6. The molecule has 86 heavy (non-hydrogen) atoms. The van der Waals surface area contributed by atoms with Gasteiger partial charge in [0, 0.05) is 82.3 Å². The van der Waals surface area contributed by atoms with Crippen LogP contribution in [0, 0.1) is 35.5 Å². The molecule has 5 aliphatic rings. The molecule has 7 rings (SSSR count). The minimum Gasteiger partial charge on any atom is -0.460 e. The van der Waals surface area contributed by atoms with E-state index in [4.69, 9.17) is 40.0 Å². The average molecular weight is 1210 g/mol. The van der Waals surface area contributed by atoms with E-state index >= 15 is 0 Å². The number of piperidine rings is 1. The zero-order valence-electron chi connectivity index (χ0n) is 52.2. The molecule has 2 aromatic carbocycles. The highest BCUT2D eigenvalue weighted by atomic mass is 35.5. The molecule has 3 fully saturated rings. The summed E-state index contributed by atoms with van der Waals surface area (Å²) in [7, 11) is 4.55. The number of nitrogens with zero attached hydrogens (tertiary/aromatic N) is 3. The second-order valence-electron chi connectivity index (χ2n) is 25.1. The number of ether oxygens (including phenoxy) is 6. The minimum absolute atomic E-state index is 0.00627. The molecule has 1 saturated carbocycles. The van der Waals surface area contributed by atoms with Crippen LogP contribution in [0.5, 0.6) is 0 Å². The molecule has 2 bridgehead atoms. The van der Waals surface area contributed by atoms with Crippen LogP contribution >= 0.6 is 11.6 Å². The minimum atomic E-state index is -2.47. The lowest BCUT2D eigenvalue weighted by molar-refractivity contribution is -0.265. The van der Waals surface area contributed by atoms with Crippen molar-refractivity contribution in [2.75, 3.05) is 46.0 Å². The van der Waals surface area contributed by atoms with E-state index in [1.165, 1.54) is 23.1 Å². The molecule has 15 atom stereocenters. The number of rotatable bonds is 10. The third-order valence-corrected chi connectivity index (χ3v) is 18.9. The lowest BCUT2D eigenvalue weighted by Gasteiger charge is -2.42. The van der Waals surface area contributed by atoms with Gasteiger partial charge in [0.2, 0.25) is 5.79 Å². The molecule has 18 heteroatoms. The van der Waals surface area contributed by atoms with Crippen LogP contribution in [-0.2, 0) is 65.4 Å². The van der Waals surface area contributed by atoms with Crippen molar-refractivity contribution < 1.29 is 67.4 Å². The average Bonchev–Trinajstić information content (AvgIpc) is 1.23. The van der Waals surface area contributed by atoms with E-state index in [0.717, 1.165) is 18.5 Å². The van der Waals surface area contributed by atoms with Crippen molar-refractivity contribution >= 4 is 52.6 Å². The van der Waals surface area contributed by atoms with Crippen molar-refractivity contribution in [3.63, 3.8) is 0 Å². The SMILES string of the molecule is COC1CC2CC[C@@H](C)[C@@](O)(O2)C(=O)C(=O)N2CCCC[C@H]2C(=O)OC(C(C)CC2CC[C@@H](OC(=O)N(CN3CCc4ccccc4C3)c3ccc(Cl)cc3)C(OC)C2)CC(=O)C(C)/C=C(\C)[C@@H](O)C(OC)C(=O)[C@H](C)CC(C)/C=C/C=C/C=C/1C. The highest BCUT2D eigenvalue weighted by molar-refractivity contribution is 6.39. The van der Waals surface area contributed by atoms with Crippen molar-refractivity contribution in [1.82, 2.24) is 9.80 Å². The molecule has 0 spiro atoms. The standard InChI is InChI=1S/C68H94ClN3O14/c1-42-18-12-11-13-19-43(2)58(81-8)38-54-29-23-48(7)68(80,86-54)64(76)65(77)71-32-17-16-22-55(71)66(78)84-59(39-56(73)44(3)35-47(6)62(75)63(83-10)61(74)46(5)34-42)45(4)36-49-24-30-57(60(37-49)82-9)85-67(79)72(53-27-25-52(69)26-28-53)41-70-33-31-50-20-14-15-21-51(50)40-70/h11-15,18-21,25-28,35,42,44-46,48-49,54-55,57-60,62-63,75,80H,16-17,22-24,29-34,36-41H2,1-10H3/b13-11+,18-12+,43-19+,47-35+/t42?,44?,45?,46-,48-,49?,54?,55+,57-,58?,59?,60?,62-,63?,68-/m1/s1. The Bertz CT molecular complexity index is 2780. The Morgan fingerprint density at radius 1 is 0.826 bits per heavy atom. The number of allylic oxidation sites excluding steroid dienone is 6. The summed E-state index contributed by atoms with van der Waals surface area (Å²) in [4.78, 5) is 91.6. The molecule has 2 saturated heterocycles. The van der Waals surface area contributed by atoms with Gasteiger partial charge in [-0.3, -0.25) is 29.0 Å². The number of Topliss-reactive ketones (excluding diaryl/α,β-unsaturated/α-hetero) is 3. The maximum absolute atomic E-state index is 14.8. The molecule has 17 nitrogen and oxygen atoms in total. The van der Waals surface area contributed by atoms with Crippen LogP contribution in [-0.4, -0.2) is 151 Å². The van der Waals surface area contributed by atoms with Gasteiger partial charge in [-0.05, 0) is 149 Å². The second-order valence-corrected chi connectivity index (χ2v) is 25.5. The van der Waals surface area contributed by atoms with E-state index < -0.39 is 102 Å². The van der Waals surface area contributed by atoms with Crippen molar-refractivity contribution in [1.29, 1.82) is 0 Å². The number of carbonyl (C=O) groups is 6. The van der Waals surface area contributed by atoms with Gasteiger partial charge >= 0.3 is 12.1 Å². The third-order valence-electron chi connectivity index (χ3n) is 18.6. The topological polar surface area (TPSA) is 208 Å². The maximum atomic E-state index is 14.8. The number of aliphatic hydroxyl groups is 2. The fraction of sp³-hybridized carbons (Fsp3) is 0.618. The normalized spacial score (nSPS) is 34.3.